The van der Waals surface area contributed by atoms with Crippen LogP contribution in [0.1, 0.15) is 29.2 Å². The van der Waals surface area contributed by atoms with Gasteiger partial charge in [0.05, 0.1) is 24.1 Å². The second-order valence-electron chi connectivity index (χ2n) is 8.57. The first-order valence-electron chi connectivity index (χ1n) is 11.2. The number of ether oxygens (including phenoxy) is 1. The number of hydrogen-bond acceptors (Lipinski definition) is 8. The van der Waals surface area contributed by atoms with Crippen LogP contribution in [0.5, 0.6) is 0 Å². The highest BCUT2D eigenvalue weighted by molar-refractivity contribution is 7.85. The molecule has 1 aromatic carbocycles. The molecule has 0 bridgehead atoms. The minimum atomic E-state index is -3.48. The van der Waals surface area contributed by atoms with Gasteiger partial charge >= 0.3 is 5.97 Å². The van der Waals surface area contributed by atoms with Crippen LogP contribution in [-0.4, -0.2) is 76.0 Å². The van der Waals surface area contributed by atoms with Gasteiger partial charge in [-0.2, -0.15) is 8.42 Å². The van der Waals surface area contributed by atoms with Gasteiger partial charge in [-0.1, -0.05) is 12.7 Å². The van der Waals surface area contributed by atoms with E-state index in [-0.39, 0.29) is 30.2 Å². The molecule has 0 unspecified atom stereocenters. The van der Waals surface area contributed by atoms with Crippen LogP contribution in [0.4, 0.5) is 10.1 Å². The second kappa shape index (κ2) is 9.85. The number of esters is 1. The van der Waals surface area contributed by atoms with Gasteiger partial charge < -0.3 is 14.2 Å². The van der Waals surface area contributed by atoms with Crippen molar-refractivity contribution in [1.29, 1.82) is 0 Å². The van der Waals surface area contributed by atoms with E-state index in [4.69, 9.17) is 8.92 Å². The summed E-state index contributed by atoms with van der Waals surface area (Å²) in [5, 5.41) is 0.151. The Hall–Kier alpha value is -2.76. The van der Waals surface area contributed by atoms with Crippen LogP contribution in [0.2, 0.25) is 0 Å². The molecule has 34 heavy (non-hydrogen) atoms. The van der Waals surface area contributed by atoms with Crippen LogP contribution >= 0.6 is 0 Å². The van der Waals surface area contributed by atoms with Gasteiger partial charge in [-0.05, 0) is 25.0 Å². The van der Waals surface area contributed by atoms with Crippen LogP contribution in [0.25, 0.3) is 10.9 Å². The molecule has 1 aliphatic carbocycles. The molecule has 184 valence electrons. The number of rotatable bonds is 9. The largest absolute Gasteiger partial charge is 0.458 e. The Kier molecular flexibility index (Phi) is 7.06. The molecule has 0 amide bonds. The predicted molar refractivity (Wildman–Crippen MR) is 126 cm³/mol. The van der Waals surface area contributed by atoms with Crippen molar-refractivity contribution >= 4 is 32.7 Å². The highest BCUT2D eigenvalue weighted by Crippen LogP contribution is 2.38. The SMILES string of the molecule is C=CCOC(=O)c1cn(C2CC2)c2cc(N3CCN(CCOS(C)(=O)=O)CC3)c(F)cc2c1=O. The summed E-state index contributed by atoms with van der Waals surface area (Å²) < 4.78 is 49.1. The summed E-state index contributed by atoms with van der Waals surface area (Å²) in [5.74, 6) is -1.28. The minimum absolute atomic E-state index is 0.0145. The first kappa shape index (κ1) is 24.4. The van der Waals surface area contributed by atoms with Crippen LogP contribution in [-0.2, 0) is 19.0 Å². The van der Waals surface area contributed by atoms with Crippen LogP contribution < -0.4 is 10.3 Å². The Morgan fingerprint density at radius 2 is 1.94 bits per heavy atom. The Balaban J connectivity index is 1.58. The van der Waals surface area contributed by atoms with Crippen molar-refractivity contribution in [2.24, 2.45) is 0 Å². The average molecular weight is 494 g/mol. The fourth-order valence-corrected chi connectivity index (χ4v) is 4.52. The molecular weight excluding hydrogens is 465 g/mol. The van der Waals surface area contributed by atoms with Gasteiger partial charge in [-0.15, -0.1) is 0 Å². The molecule has 2 aromatic rings. The van der Waals surface area contributed by atoms with Crippen molar-refractivity contribution in [3.63, 3.8) is 0 Å². The lowest BCUT2D eigenvalue weighted by atomic mass is 10.1. The molecule has 2 heterocycles. The van der Waals surface area contributed by atoms with E-state index in [1.165, 1.54) is 18.3 Å². The number of aromatic nitrogens is 1. The maximum Gasteiger partial charge on any atom is 0.343 e. The van der Waals surface area contributed by atoms with Gasteiger partial charge in [0.2, 0.25) is 5.43 Å². The molecule has 1 saturated heterocycles. The molecule has 2 aliphatic rings. The molecule has 0 spiro atoms. The van der Waals surface area contributed by atoms with Crippen LogP contribution in [0, 0.1) is 5.82 Å². The van der Waals surface area contributed by atoms with E-state index in [0.29, 0.717) is 43.9 Å². The summed E-state index contributed by atoms with van der Waals surface area (Å²) in [6, 6.07) is 3.05. The van der Waals surface area contributed by atoms with E-state index in [1.807, 2.05) is 9.47 Å². The standard InChI is InChI=1S/C23H28FN3O6S/c1-3-11-32-23(29)18-15-27(16-4-5-16)20-14-21(19(24)13-17(20)22(18)28)26-8-6-25(7-9-26)10-12-33-34(2,30)31/h3,13-16H,1,4-12H2,2H3. The monoisotopic (exact) mass is 493 g/mol. The summed E-state index contributed by atoms with van der Waals surface area (Å²) in [7, 11) is -3.48. The Labute approximate surface area is 197 Å². The predicted octanol–water partition coefficient (Wildman–Crippen LogP) is 1.92. The highest BCUT2D eigenvalue weighted by atomic mass is 32.2. The average Bonchev–Trinajstić information content (AvgIpc) is 3.63. The van der Waals surface area contributed by atoms with Gasteiger partial charge in [0.1, 0.15) is 18.0 Å². The number of fused-ring (bicyclic) bond motifs is 1. The van der Waals surface area contributed by atoms with Crippen molar-refractivity contribution in [3.8, 4) is 0 Å². The number of hydrogen-bond donors (Lipinski definition) is 0. The van der Waals surface area contributed by atoms with Crippen molar-refractivity contribution in [2.45, 2.75) is 18.9 Å². The number of nitrogens with zero attached hydrogens (tertiary/aromatic N) is 3. The zero-order chi connectivity index (χ0) is 24.5. The third kappa shape index (κ3) is 5.48. The molecule has 9 nitrogen and oxygen atoms in total. The van der Waals surface area contributed by atoms with Gasteiger partial charge in [0.25, 0.3) is 10.1 Å². The minimum Gasteiger partial charge on any atom is -0.458 e. The topological polar surface area (TPSA) is 98.1 Å². The fourth-order valence-electron chi connectivity index (χ4n) is 4.14. The van der Waals surface area contributed by atoms with Gasteiger partial charge in [0, 0.05) is 50.3 Å². The van der Waals surface area contributed by atoms with E-state index in [1.54, 1.807) is 6.07 Å². The smallest absolute Gasteiger partial charge is 0.343 e. The first-order chi connectivity index (χ1) is 16.2. The summed E-state index contributed by atoms with van der Waals surface area (Å²) in [6.07, 6.45) is 5.79. The summed E-state index contributed by atoms with van der Waals surface area (Å²) in [4.78, 5) is 29.4. The maximum absolute atomic E-state index is 15.2. The van der Waals surface area contributed by atoms with Crippen molar-refractivity contribution < 1.29 is 26.5 Å². The number of carbonyl (C=O) groups is 1. The van der Waals surface area contributed by atoms with E-state index >= 15 is 4.39 Å². The van der Waals surface area contributed by atoms with E-state index in [0.717, 1.165) is 19.1 Å². The molecular formula is C23H28FN3O6S. The van der Waals surface area contributed by atoms with Gasteiger partial charge in [-0.3, -0.25) is 13.9 Å². The molecule has 4 rings (SSSR count). The summed E-state index contributed by atoms with van der Waals surface area (Å²) in [6.45, 7) is 6.35. The molecule has 1 aliphatic heterocycles. The summed E-state index contributed by atoms with van der Waals surface area (Å²) >= 11 is 0. The number of pyridine rings is 1. The third-order valence-corrected chi connectivity index (χ3v) is 6.61. The Bertz CT molecular complexity index is 1260. The van der Waals surface area contributed by atoms with E-state index in [2.05, 4.69) is 11.5 Å². The maximum atomic E-state index is 15.2. The van der Waals surface area contributed by atoms with Gasteiger partial charge in [-0.25, -0.2) is 9.18 Å². The number of anilines is 1. The molecule has 2 fully saturated rings. The molecule has 1 aromatic heterocycles. The number of carbonyl (C=O) groups excluding carboxylic acids is 1. The lowest BCUT2D eigenvalue weighted by Crippen LogP contribution is -2.47. The quantitative estimate of drug-likeness (QED) is 0.297. The van der Waals surface area contributed by atoms with E-state index < -0.39 is 27.3 Å². The van der Waals surface area contributed by atoms with Crippen molar-refractivity contribution in [2.75, 3.05) is 57.1 Å². The highest BCUT2D eigenvalue weighted by Gasteiger charge is 2.29. The number of halogens is 1. The lowest BCUT2D eigenvalue weighted by molar-refractivity contribution is 0.0547. The molecule has 0 atom stereocenters. The van der Waals surface area contributed by atoms with Crippen LogP contribution in [0.3, 0.4) is 0 Å². The third-order valence-electron chi connectivity index (χ3n) is 6.01. The number of piperazine rings is 1. The second-order valence-corrected chi connectivity index (χ2v) is 10.2. The summed E-state index contributed by atoms with van der Waals surface area (Å²) in [5.41, 5.74) is 0.323. The zero-order valence-electron chi connectivity index (χ0n) is 19.0. The first-order valence-corrected chi connectivity index (χ1v) is 13.0. The molecule has 1 saturated carbocycles. The molecule has 0 N–H and O–H groups in total. The van der Waals surface area contributed by atoms with Crippen molar-refractivity contribution in [3.05, 3.63) is 52.6 Å². The lowest BCUT2D eigenvalue weighted by Gasteiger charge is -2.36. The normalized spacial score (nSPS) is 17.2. The fraction of sp³-hybridized carbons (Fsp3) is 0.478. The van der Waals surface area contributed by atoms with Crippen LogP contribution in [0.15, 0.2) is 35.8 Å². The van der Waals surface area contributed by atoms with E-state index in [9.17, 15) is 18.0 Å². The molecule has 0 radical (unpaired) electrons. The van der Waals surface area contributed by atoms with Gasteiger partial charge in [0.15, 0.2) is 0 Å². The number of benzene rings is 1. The Morgan fingerprint density at radius 1 is 1.24 bits per heavy atom. The van der Waals surface area contributed by atoms with Crippen molar-refractivity contribution in [1.82, 2.24) is 9.47 Å². The zero-order valence-corrected chi connectivity index (χ0v) is 19.9. The molecule has 11 heteroatoms. The Morgan fingerprint density at radius 3 is 2.56 bits per heavy atom.